The van der Waals surface area contributed by atoms with Gasteiger partial charge in [0.05, 0.1) is 0 Å². The number of aromatic nitrogens is 2. The molecule has 3 N–H and O–H groups in total. The van der Waals surface area contributed by atoms with Crippen molar-refractivity contribution in [2.75, 3.05) is 0 Å². The van der Waals surface area contributed by atoms with Gasteiger partial charge in [-0.1, -0.05) is 6.42 Å². The van der Waals surface area contributed by atoms with Crippen LogP contribution in [0.3, 0.4) is 0 Å². The van der Waals surface area contributed by atoms with Crippen molar-refractivity contribution in [1.82, 2.24) is 9.78 Å². The van der Waals surface area contributed by atoms with Crippen LogP contribution in [0.25, 0.3) is 0 Å². The molecule has 1 aromatic heterocycles. The average Bonchev–Trinajstić information content (AvgIpc) is 2.70. The molecule has 0 aromatic carbocycles. The van der Waals surface area contributed by atoms with E-state index >= 15 is 0 Å². The first-order valence-corrected chi connectivity index (χ1v) is 5.60. The van der Waals surface area contributed by atoms with Gasteiger partial charge < -0.3 is 10.8 Å². The molecule has 88 valence electrons. The molecule has 1 saturated carbocycles. The largest absolute Gasteiger partial charge is 0.480 e. The minimum absolute atomic E-state index is 0.315. The van der Waals surface area contributed by atoms with Crippen molar-refractivity contribution in [3.8, 4) is 0 Å². The van der Waals surface area contributed by atoms with E-state index < -0.39 is 11.5 Å². The second kappa shape index (κ2) is 4.25. The fraction of sp³-hybridized carbons (Fsp3) is 0.636. The third-order valence-corrected chi connectivity index (χ3v) is 3.32. The number of hydrogen-bond acceptors (Lipinski definition) is 3. The summed E-state index contributed by atoms with van der Waals surface area (Å²) in [5, 5.41) is 13.2. The number of nitrogens with zero attached hydrogens (tertiary/aromatic N) is 2. The van der Waals surface area contributed by atoms with E-state index in [-0.39, 0.29) is 0 Å². The highest BCUT2D eigenvalue weighted by atomic mass is 16.4. The van der Waals surface area contributed by atoms with Crippen molar-refractivity contribution in [1.29, 1.82) is 0 Å². The summed E-state index contributed by atoms with van der Waals surface area (Å²) in [6.45, 7) is 0.763. The Balaban J connectivity index is 1.99. The van der Waals surface area contributed by atoms with Crippen LogP contribution >= 0.6 is 0 Å². The van der Waals surface area contributed by atoms with Gasteiger partial charge in [-0.05, 0) is 31.2 Å². The van der Waals surface area contributed by atoms with Gasteiger partial charge in [0.25, 0.3) is 0 Å². The Morgan fingerprint density at radius 3 is 3.12 bits per heavy atom. The molecular formula is C11H17N3O2. The predicted octanol–water partition coefficient (Wildman–Crippen LogP) is 0.855. The lowest BCUT2D eigenvalue weighted by Crippen LogP contribution is -2.51. The van der Waals surface area contributed by atoms with Crippen LogP contribution in [-0.4, -0.2) is 26.4 Å². The molecule has 0 amide bonds. The predicted molar refractivity (Wildman–Crippen MR) is 58.7 cm³/mol. The number of hydrogen-bond donors (Lipinski definition) is 2. The van der Waals surface area contributed by atoms with Gasteiger partial charge in [-0.3, -0.25) is 9.48 Å². The molecule has 5 heteroatoms. The van der Waals surface area contributed by atoms with Crippen LogP contribution in [0.4, 0.5) is 0 Å². The van der Waals surface area contributed by atoms with E-state index in [1.807, 2.05) is 16.9 Å². The van der Waals surface area contributed by atoms with Gasteiger partial charge in [0.1, 0.15) is 5.54 Å². The number of nitrogens with two attached hydrogens (primary N) is 1. The molecule has 1 heterocycles. The summed E-state index contributed by atoms with van der Waals surface area (Å²) in [5.41, 5.74) is 4.86. The second-order valence-electron chi connectivity index (χ2n) is 4.65. The zero-order chi connectivity index (χ0) is 11.6. The molecule has 5 nitrogen and oxygen atoms in total. The summed E-state index contributed by atoms with van der Waals surface area (Å²) in [5.74, 6) is -0.563. The van der Waals surface area contributed by atoms with Crippen molar-refractivity contribution < 1.29 is 9.90 Å². The highest BCUT2D eigenvalue weighted by molar-refractivity contribution is 5.78. The van der Waals surface area contributed by atoms with Crippen LogP contribution in [0, 0.1) is 5.92 Å². The Labute approximate surface area is 94.2 Å². The van der Waals surface area contributed by atoms with Gasteiger partial charge in [-0.2, -0.15) is 5.10 Å². The average molecular weight is 223 g/mol. The molecule has 0 radical (unpaired) electrons. The van der Waals surface area contributed by atoms with Crippen molar-refractivity contribution in [2.45, 2.75) is 37.8 Å². The van der Waals surface area contributed by atoms with Crippen molar-refractivity contribution in [3.05, 3.63) is 18.5 Å². The third-order valence-electron chi connectivity index (χ3n) is 3.32. The van der Waals surface area contributed by atoms with E-state index in [9.17, 15) is 4.79 Å². The third kappa shape index (κ3) is 2.24. The van der Waals surface area contributed by atoms with E-state index in [4.69, 9.17) is 10.8 Å². The lowest BCUT2D eigenvalue weighted by atomic mass is 9.76. The Morgan fingerprint density at radius 1 is 1.69 bits per heavy atom. The quantitative estimate of drug-likeness (QED) is 0.796. The van der Waals surface area contributed by atoms with Crippen molar-refractivity contribution >= 4 is 5.97 Å². The van der Waals surface area contributed by atoms with Gasteiger partial charge in [0.2, 0.25) is 0 Å². The van der Waals surface area contributed by atoms with Crippen LogP contribution in [-0.2, 0) is 11.3 Å². The molecule has 2 rings (SSSR count). The lowest BCUT2D eigenvalue weighted by molar-refractivity contribution is -0.145. The molecule has 0 saturated heterocycles. The first-order chi connectivity index (χ1) is 7.60. The number of carboxylic acids is 1. The zero-order valence-electron chi connectivity index (χ0n) is 9.17. The molecule has 2 unspecified atom stereocenters. The number of carboxylic acid groups (broad SMARTS) is 1. The highest BCUT2D eigenvalue weighted by Gasteiger charge is 2.39. The van der Waals surface area contributed by atoms with Crippen molar-refractivity contribution in [3.63, 3.8) is 0 Å². The second-order valence-corrected chi connectivity index (χ2v) is 4.65. The summed E-state index contributed by atoms with van der Waals surface area (Å²) in [4.78, 5) is 11.1. The van der Waals surface area contributed by atoms with Crippen LogP contribution in [0.1, 0.15) is 25.7 Å². The monoisotopic (exact) mass is 223 g/mol. The van der Waals surface area contributed by atoms with Gasteiger partial charge >= 0.3 is 5.97 Å². The highest BCUT2D eigenvalue weighted by Crippen LogP contribution is 2.31. The number of rotatable bonds is 3. The molecule has 0 bridgehead atoms. The molecule has 1 aromatic rings. The first kappa shape index (κ1) is 11.1. The van der Waals surface area contributed by atoms with Gasteiger partial charge in [-0.25, -0.2) is 0 Å². The van der Waals surface area contributed by atoms with E-state index in [1.54, 1.807) is 6.20 Å². The normalized spacial score (nSPS) is 30.2. The Morgan fingerprint density at radius 2 is 2.50 bits per heavy atom. The summed E-state index contributed by atoms with van der Waals surface area (Å²) in [6.07, 6.45) is 6.67. The SMILES string of the molecule is NC1(C(=O)O)CCCC(Cn2cccn2)C1. The van der Waals surface area contributed by atoms with E-state index in [0.29, 0.717) is 18.8 Å². The van der Waals surface area contributed by atoms with E-state index in [1.165, 1.54) is 0 Å². The summed E-state index contributed by atoms with van der Waals surface area (Å²) >= 11 is 0. The Bertz CT molecular complexity index is 363. The van der Waals surface area contributed by atoms with E-state index in [2.05, 4.69) is 5.10 Å². The molecule has 2 atom stereocenters. The topological polar surface area (TPSA) is 81.1 Å². The minimum Gasteiger partial charge on any atom is -0.480 e. The van der Waals surface area contributed by atoms with Crippen LogP contribution < -0.4 is 5.73 Å². The van der Waals surface area contributed by atoms with Crippen LogP contribution in [0.5, 0.6) is 0 Å². The maximum atomic E-state index is 11.1. The fourth-order valence-corrected chi connectivity index (χ4v) is 2.45. The van der Waals surface area contributed by atoms with Crippen LogP contribution in [0.2, 0.25) is 0 Å². The molecule has 16 heavy (non-hydrogen) atoms. The molecule has 1 fully saturated rings. The van der Waals surface area contributed by atoms with Crippen molar-refractivity contribution in [2.24, 2.45) is 11.7 Å². The van der Waals surface area contributed by atoms with Gasteiger partial charge in [-0.15, -0.1) is 0 Å². The lowest BCUT2D eigenvalue weighted by Gasteiger charge is -2.34. The molecular weight excluding hydrogens is 206 g/mol. The fourth-order valence-electron chi connectivity index (χ4n) is 2.45. The summed E-state index contributed by atoms with van der Waals surface area (Å²) < 4.78 is 1.85. The number of aliphatic carboxylic acids is 1. The first-order valence-electron chi connectivity index (χ1n) is 5.60. The summed E-state index contributed by atoms with van der Waals surface area (Å²) in [6, 6.07) is 1.87. The minimum atomic E-state index is -1.03. The van der Waals surface area contributed by atoms with Gasteiger partial charge in [0, 0.05) is 18.9 Å². The summed E-state index contributed by atoms with van der Waals surface area (Å²) in [7, 11) is 0. The molecule has 0 aliphatic heterocycles. The van der Waals surface area contributed by atoms with E-state index in [0.717, 1.165) is 19.4 Å². The maximum Gasteiger partial charge on any atom is 0.323 e. The van der Waals surface area contributed by atoms with Crippen LogP contribution in [0.15, 0.2) is 18.5 Å². The Kier molecular flexibility index (Phi) is 2.96. The number of carbonyl (C=O) groups is 1. The zero-order valence-corrected chi connectivity index (χ0v) is 9.17. The smallest absolute Gasteiger partial charge is 0.323 e. The molecule has 0 spiro atoms. The maximum absolute atomic E-state index is 11.1. The molecule has 1 aliphatic rings. The standard InChI is InChI=1S/C11H17N3O2/c12-11(10(15)16)4-1-3-9(7-11)8-14-6-2-5-13-14/h2,5-6,9H,1,3-4,7-8,12H2,(H,15,16). The molecule has 1 aliphatic carbocycles. The van der Waals surface area contributed by atoms with Gasteiger partial charge in [0.15, 0.2) is 0 Å². The Hall–Kier alpha value is -1.36.